The largest absolute Gasteiger partial charge is 0.307 e. The van der Waals surface area contributed by atoms with Crippen molar-refractivity contribution in [1.29, 1.82) is 0 Å². The lowest BCUT2D eigenvalue weighted by Crippen LogP contribution is -2.39. The van der Waals surface area contributed by atoms with Crippen molar-refractivity contribution in [2.24, 2.45) is 5.92 Å². The summed E-state index contributed by atoms with van der Waals surface area (Å²) in [7, 11) is 4.31. The zero-order chi connectivity index (χ0) is 12.8. The van der Waals surface area contributed by atoms with Crippen LogP contribution in [0.4, 0.5) is 0 Å². The van der Waals surface area contributed by atoms with Crippen molar-refractivity contribution >= 4 is 11.3 Å². The quantitative estimate of drug-likeness (QED) is 0.812. The van der Waals surface area contributed by atoms with Gasteiger partial charge in [-0.25, -0.2) is 4.98 Å². The Balaban J connectivity index is 2.41. The molecule has 98 valence electrons. The summed E-state index contributed by atoms with van der Waals surface area (Å²) in [4.78, 5) is 6.65. The van der Waals surface area contributed by atoms with E-state index in [0.29, 0.717) is 12.1 Å². The van der Waals surface area contributed by atoms with Crippen molar-refractivity contribution in [3.63, 3.8) is 0 Å². The molecule has 3 nitrogen and oxygen atoms in total. The molecule has 1 aromatic heterocycles. The summed E-state index contributed by atoms with van der Waals surface area (Å²) >= 11 is 1.72. The lowest BCUT2D eigenvalue weighted by molar-refractivity contribution is 0.242. The van der Waals surface area contributed by atoms with Crippen LogP contribution in [-0.2, 0) is 0 Å². The topological polar surface area (TPSA) is 28.2 Å². The molecule has 0 aliphatic rings. The van der Waals surface area contributed by atoms with Crippen LogP contribution in [-0.4, -0.2) is 36.6 Å². The summed E-state index contributed by atoms with van der Waals surface area (Å²) < 4.78 is 0. The number of rotatable bonds is 7. The Hall–Kier alpha value is -0.450. The molecule has 0 saturated carbocycles. The molecule has 0 spiro atoms. The van der Waals surface area contributed by atoms with Gasteiger partial charge < -0.3 is 10.2 Å². The first kappa shape index (κ1) is 14.6. The standard InChI is InChI=1S/C13H25N3S/c1-10(2)8-12(16(4)5)9-15-11(3)13-14-6-7-17-13/h6-7,10-12,15H,8-9H2,1-5H3. The van der Waals surface area contributed by atoms with Crippen LogP contribution >= 0.6 is 11.3 Å². The average molecular weight is 255 g/mol. The first-order valence-corrected chi connectivity index (χ1v) is 7.17. The van der Waals surface area contributed by atoms with Gasteiger partial charge in [0.15, 0.2) is 0 Å². The lowest BCUT2D eigenvalue weighted by Gasteiger charge is -2.27. The van der Waals surface area contributed by atoms with E-state index in [2.05, 4.69) is 50.1 Å². The third-order valence-corrected chi connectivity index (χ3v) is 3.91. The molecule has 1 heterocycles. The minimum absolute atomic E-state index is 0.351. The van der Waals surface area contributed by atoms with E-state index in [1.807, 2.05) is 11.6 Å². The van der Waals surface area contributed by atoms with Gasteiger partial charge in [-0.2, -0.15) is 0 Å². The molecule has 1 rings (SSSR count). The van der Waals surface area contributed by atoms with E-state index < -0.39 is 0 Å². The monoisotopic (exact) mass is 255 g/mol. The van der Waals surface area contributed by atoms with Crippen LogP contribution in [0.1, 0.15) is 38.2 Å². The van der Waals surface area contributed by atoms with Crippen molar-refractivity contribution in [2.75, 3.05) is 20.6 Å². The molecule has 1 N–H and O–H groups in total. The molecule has 0 saturated heterocycles. The predicted molar refractivity (Wildman–Crippen MR) is 75.5 cm³/mol. The van der Waals surface area contributed by atoms with Gasteiger partial charge in [0.2, 0.25) is 0 Å². The normalized spacial score (nSPS) is 15.5. The Kier molecular flexibility index (Phi) is 6.09. The Labute approximate surface area is 109 Å². The van der Waals surface area contributed by atoms with Gasteiger partial charge in [-0.05, 0) is 33.4 Å². The van der Waals surface area contributed by atoms with Crippen molar-refractivity contribution in [3.8, 4) is 0 Å². The number of hydrogen-bond donors (Lipinski definition) is 1. The maximum Gasteiger partial charge on any atom is 0.109 e. The van der Waals surface area contributed by atoms with Crippen molar-refractivity contribution in [2.45, 2.75) is 39.3 Å². The molecule has 0 amide bonds. The molecule has 17 heavy (non-hydrogen) atoms. The Morgan fingerprint density at radius 3 is 2.53 bits per heavy atom. The number of likely N-dealkylation sites (N-methyl/N-ethyl adjacent to an activating group) is 1. The van der Waals surface area contributed by atoms with Crippen LogP contribution in [0.25, 0.3) is 0 Å². The van der Waals surface area contributed by atoms with E-state index in [4.69, 9.17) is 0 Å². The van der Waals surface area contributed by atoms with Crippen molar-refractivity contribution in [1.82, 2.24) is 15.2 Å². The van der Waals surface area contributed by atoms with Gasteiger partial charge in [0.1, 0.15) is 5.01 Å². The molecule has 0 radical (unpaired) electrons. The Morgan fingerprint density at radius 1 is 1.35 bits per heavy atom. The minimum atomic E-state index is 0.351. The molecule has 0 bridgehead atoms. The second-order valence-electron chi connectivity index (χ2n) is 5.25. The summed E-state index contributed by atoms with van der Waals surface area (Å²) in [6, 6.07) is 0.946. The maximum absolute atomic E-state index is 4.34. The van der Waals surface area contributed by atoms with Crippen LogP contribution in [0.3, 0.4) is 0 Å². The van der Waals surface area contributed by atoms with Crippen molar-refractivity contribution in [3.05, 3.63) is 16.6 Å². The summed E-state index contributed by atoms with van der Waals surface area (Å²) in [6.45, 7) is 7.76. The second-order valence-corrected chi connectivity index (χ2v) is 6.17. The highest BCUT2D eigenvalue weighted by molar-refractivity contribution is 7.09. The third kappa shape index (κ3) is 5.15. The van der Waals surface area contributed by atoms with Crippen LogP contribution in [0.15, 0.2) is 11.6 Å². The molecule has 0 aromatic carbocycles. The van der Waals surface area contributed by atoms with Crippen molar-refractivity contribution < 1.29 is 0 Å². The van der Waals surface area contributed by atoms with E-state index in [1.165, 1.54) is 11.4 Å². The smallest absolute Gasteiger partial charge is 0.109 e. The van der Waals surface area contributed by atoms with Crippen LogP contribution in [0, 0.1) is 5.92 Å². The molecule has 2 atom stereocenters. The van der Waals surface area contributed by atoms with E-state index >= 15 is 0 Å². The third-order valence-electron chi connectivity index (χ3n) is 2.96. The number of aromatic nitrogens is 1. The Bertz CT molecular complexity index is 296. The number of hydrogen-bond acceptors (Lipinski definition) is 4. The van der Waals surface area contributed by atoms with E-state index in [0.717, 1.165) is 12.5 Å². The molecular weight excluding hydrogens is 230 g/mol. The first-order chi connectivity index (χ1) is 8.00. The van der Waals surface area contributed by atoms with Crippen LogP contribution < -0.4 is 5.32 Å². The molecule has 0 aliphatic heterocycles. The summed E-state index contributed by atoms with van der Waals surface area (Å²) in [5, 5.41) is 6.78. The Morgan fingerprint density at radius 2 is 2.06 bits per heavy atom. The molecule has 4 heteroatoms. The molecule has 2 unspecified atom stereocenters. The SMILES string of the molecule is CC(C)CC(CNC(C)c1nccs1)N(C)C. The minimum Gasteiger partial charge on any atom is -0.307 e. The highest BCUT2D eigenvalue weighted by atomic mass is 32.1. The zero-order valence-corrected chi connectivity index (χ0v) is 12.4. The van der Waals surface area contributed by atoms with Gasteiger partial charge >= 0.3 is 0 Å². The van der Waals surface area contributed by atoms with Gasteiger partial charge in [-0.15, -0.1) is 11.3 Å². The van der Waals surface area contributed by atoms with Gasteiger partial charge in [0, 0.05) is 24.2 Å². The number of nitrogens with one attached hydrogen (secondary N) is 1. The van der Waals surface area contributed by atoms with Gasteiger partial charge in [0.25, 0.3) is 0 Å². The molecule has 1 aromatic rings. The summed E-state index contributed by atoms with van der Waals surface area (Å²) in [5.41, 5.74) is 0. The van der Waals surface area contributed by atoms with E-state index in [9.17, 15) is 0 Å². The molecule has 0 aliphatic carbocycles. The fraction of sp³-hybridized carbons (Fsp3) is 0.769. The first-order valence-electron chi connectivity index (χ1n) is 6.30. The van der Waals surface area contributed by atoms with E-state index in [1.54, 1.807) is 11.3 Å². The van der Waals surface area contributed by atoms with Crippen LogP contribution in [0.2, 0.25) is 0 Å². The average Bonchev–Trinajstić information content (AvgIpc) is 2.76. The fourth-order valence-corrected chi connectivity index (χ4v) is 2.54. The fourth-order valence-electron chi connectivity index (χ4n) is 1.87. The molecule has 0 fully saturated rings. The van der Waals surface area contributed by atoms with Crippen LogP contribution in [0.5, 0.6) is 0 Å². The number of thiazole rings is 1. The van der Waals surface area contributed by atoms with Gasteiger partial charge in [-0.1, -0.05) is 13.8 Å². The van der Waals surface area contributed by atoms with E-state index in [-0.39, 0.29) is 0 Å². The lowest BCUT2D eigenvalue weighted by atomic mass is 10.0. The van der Waals surface area contributed by atoms with Gasteiger partial charge in [0.05, 0.1) is 6.04 Å². The predicted octanol–water partition coefficient (Wildman–Crippen LogP) is 2.77. The zero-order valence-electron chi connectivity index (χ0n) is 11.6. The summed E-state index contributed by atoms with van der Waals surface area (Å²) in [5.74, 6) is 0.736. The second kappa shape index (κ2) is 7.09. The highest BCUT2D eigenvalue weighted by Gasteiger charge is 2.15. The molecular formula is C13H25N3S. The summed E-state index contributed by atoms with van der Waals surface area (Å²) in [6.07, 6.45) is 3.10. The van der Waals surface area contributed by atoms with Gasteiger partial charge in [-0.3, -0.25) is 0 Å². The number of nitrogens with zero attached hydrogens (tertiary/aromatic N) is 2. The maximum atomic E-state index is 4.34. The highest BCUT2D eigenvalue weighted by Crippen LogP contribution is 2.15.